The molecule has 2 heterocycles. The van der Waals surface area contributed by atoms with Gasteiger partial charge in [-0.3, -0.25) is 13.3 Å². The van der Waals surface area contributed by atoms with E-state index in [-0.39, 0.29) is 6.61 Å². The molecule has 0 bridgehead atoms. The van der Waals surface area contributed by atoms with E-state index >= 15 is 0 Å². The Bertz CT molecular complexity index is 1150. The van der Waals surface area contributed by atoms with Gasteiger partial charge in [-0.25, -0.2) is 4.98 Å². The van der Waals surface area contributed by atoms with Crippen LogP contribution >= 0.6 is 0 Å². The number of aliphatic hydroxyl groups is 1. The van der Waals surface area contributed by atoms with Crippen LogP contribution < -0.4 is 4.90 Å². The lowest BCUT2D eigenvalue weighted by molar-refractivity contribution is 0.188. The Hall–Kier alpha value is -2.53. The Kier molecular flexibility index (Phi) is 7.59. The number of aliphatic hydroxyl groups excluding tert-OH is 1. The van der Waals surface area contributed by atoms with Crippen LogP contribution in [0.4, 0.5) is 5.95 Å². The second-order valence-electron chi connectivity index (χ2n) is 7.82. The first-order valence-electron chi connectivity index (χ1n) is 10.7. The Morgan fingerprint density at radius 1 is 0.788 bits per heavy atom. The molecule has 0 spiro atoms. The molecule has 4 rings (SSSR count). The number of nitrogens with zero attached hydrogens (tertiary/aromatic N) is 5. The molecule has 33 heavy (non-hydrogen) atoms. The van der Waals surface area contributed by atoms with Crippen molar-refractivity contribution < 1.29 is 13.5 Å². The van der Waals surface area contributed by atoms with Gasteiger partial charge < -0.3 is 10.0 Å². The first kappa shape index (κ1) is 23.6. The standard InChI is InChI=1S/C23H27N5O3S2/c1-32(30)19-7-3-17(4-8-19)21-22(18-5-9-20(10-6-18)33(2)31)25-26-23(24-21)28-13-11-27(12-14-28)15-16-29/h3-10,29H,11-16H2,1-2H3. The van der Waals surface area contributed by atoms with E-state index < -0.39 is 21.6 Å². The minimum Gasteiger partial charge on any atom is -0.395 e. The zero-order valence-corrected chi connectivity index (χ0v) is 20.3. The van der Waals surface area contributed by atoms with Crippen molar-refractivity contribution in [3.63, 3.8) is 0 Å². The van der Waals surface area contributed by atoms with E-state index in [0.29, 0.717) is 23.9 Å². The van der Waals surface area contributed by atoms with Crippen molar-refractivity contribution in [3.8, 4) is 22.5 Å². The van der Waals surface area contributed by atoms with E-state index in [0.717, 1.165) is 47.1 Å². The molecule has 1 fully saturated rings. The van der Waals surface area contributed by atoms with Gasteiger partial charge in [0.05, 0.1) is 6.61 Å². The van der Waals surface area contributed by atoms with Crippen LogP contribution in [0.25, 0.3) is 22.5 Å². The fraction of sp³-hybridized carbons (Fsp3) is 0.348. The highest BCUT2D eigenvalue weighted by Crippen LogP contribution is 2.31. The summed E-state index contributed by atoms with van der Waals surface area (Å²) in [4.78, 5) is 10.7. The molecule has 0 aliphatic carbocycles. The lowest BCUT2D eigenvalue weighted by atomic mass is 10.0. The van der Waals surface area contributed by atoms with Crippen LogP contribution in [0, 0.1) is 0 Å². The molecule has 1 aromatic heterocycles. The van der Waals surface area contributed by atoms with Crippen molar-refractivity contribution in [3.05, 3.63) is 48.5 Å². The van der Waals surface area contributed by atoms with Gasteiger partial charge in [0.1, 0.15) is 11.4 Å². The molecule has 1 saturated heterocycles. The fourth-order valence-corrected chi connectivity index (χ4v) is 4.81. The van der Waals surface area contributed by atoms with Crippen LogP contribution in [-0.2, 0) is 21.6 Å². The molecule has 1 N–H and O–H groups in total. The van der Waals surface area contributed by atoms with Gasteiger partial charge in [0.15, 0.2) is 0 Å². The largest absolute Gasteiger partial charge is 0.395 e. The molecule has 3 aromatic rings. The normalized spacial score (nSPS) is 16.5. The molecule has 2 atom stereocenters. The van der Waals surface area contributed by atoms with Crippen LogP contribution in [0.3, 0.4) is 0 Å². The van der Waals surface area contributed by atoms with Crippen molar-refractivity contribution in [2.75, 3.05) is 56.7 Å². The van der Waals surface area contributed by atoms with E-state index in [1.807, 2.05) is 48.5 Å². The maximum atomic E-state index is 11.8. The highest BCUT2D eigenvalue weighted by Gasteiger charge is 2.21. The Balaban J connectivity index is 1.71. The molecule has 1 aliphatic heterocycles. The van der Waals surface area contributed by atoms with Crippen LogP contribution in [0.15, 0.2) is 58.3 Å². The van der Waals surface area contributed by atoms with Crippen LogP contribution in [0.2, 0.25) is 0 Å². The fourth-order valence-electron chi connectivity index (χ4n) is 3.77. The van der Waals surface area contributed by atoms with E-state index in [1.54, 1.807) is 12.5 Å². The number of anilines is 1. The second kappa shape index (κ2) is 10.6. The summed E-state index contributed by atoms with van der Waals surface area (Å²) in [6.45, 7) is 3.98. The average Bonchev–Trinajstić information content (AvgIpc) is 2.84. The first-order chi connectivity index (χ1) is 16.0. The summed E-state index contributed by atoms with van der Waals surface area (Å²) in [5.74, 6) is 0.562. The van der Waals surface area contributed by atoms with Gasteiger partial charge in [0.25, 0.3) is 0 Å². The van der Waals surface area contributed by atoms with Gasteiger partial charge in [-0.2, -0.15) is 0 Å². The Morgan fingerprint density at radius 2 is 1.30 bits per heavy atom. The molecule has 10 heteroatoms. The van der Waals surface area contributed by atoms with Crippen molar-refractivity contribution in [2.24, 2.45) is 0 Å². The number of hydrogen-bond acceptors (Lipinski definition) is 8. The second-order valence-corrected chi connectivity index (χ2v) is 10.6. The van der Waals surface area contributed by atoms with Gasteiger partial charge >= 0.3 is 0 Å². The van der Waals surface area contributed by atoms with Gasteiger partial charge in [0.2, 0.25) is 5.95 Å². The zero-order chi connectivity index (χ0) is 23.4. The number of hydrogen-bond donors (Lipinski definition) is 1. The number of rotatable bonds is 7. The summed E-state index contributed by atoms with van der Waals surface area (Å²) in [7, 11) is -2.12. The summed E-state index contributed by atoms with van der Waals surface area (Å²) in [6.07, 6.45) is 3.30. The molecule has 8 nitrogen and oxygen atoms in total. The van der Waals surface area contributed by atoms with Gasteiger partial charge in [-0.05, 0) is 24.3 Å². The molecule has 2 unspecified atom stereocenters. The smallest absolute Gasteiger partial charge is 0.246 e. The number of β-amino-alcohol motifs (C(OH)–C–C–N with tert-alkyl or cyclic N) is 1. The Morgan fingerprint density at radius 3 is 1.79 bits per heavy atom. The molecule has 2 aromatic carbocycles. The summed E-state index contributed by atoms with van der Waals surface area (Å²) in [6, 6.07) is 14.9. The zero-order valence-electron chi connectivity index (χ0n) is 18.7. The minimum absolute atomic E-state index is 0.153. The topological polar surface area (TPSA) is 99.5 Å². The first-order valence-corrected chi connectivity index (χ1v) is 13.8. The van der Waals surface area contributed by atoms with E-state index in [2.05, 4.69) is 20.0 Å². The lowest BCUT2D eigenvalue weighted by Crippen LogP contribution is -2.47. The lowest BCUT2D eigenvalue weighted by Gasteiger charge is -2.34. The quantitative estimate of drug-likeness (QED) is 0.541. The third-order valence-corrected chi connectivity index (χ3v) is 7.54. The maximum absolute atomic E-state index is 11.8. The molecule has 174 valence electrons. The number of benzene rings is 2. The van der Waals surface area contributed by atoms with Crippen LogP contribution in [-0.4, -0.2) is 85.4 Å². The molecule has 1 aliphatic rings. The number of piperazine rings is 1. The molecule has 0 radical (unpaired) electrons. The molecular formula is C23H27N5O3S2. The van der Waals surface area contributed by atoms with Gasteiger partial charge in [0, 0.05) is 87.8 Å². The summed E-state index contributed by atoms with van der Waals surface area (Å²) in [5, 5.41) is 18.1. The summed E-state index contributed by atoms with van der Waals surface area (Å²) in [5.41, 5.74) is 3.02. The number of aromatic nitrogens is 3. The molecule has 0 amide bonds. The molecular weight excluding hydrogens is 458 g/mol. The van der Waals surface area contributed by atoms with Gasteiger partial charge in [-0.15, -0.1) is 10.2 Å². The van der Waals surface area contributed by atoms with Gasteiger partial charge in [-0.1, -0.05) is 24.3 Å². The maximum Gasteiger partial charge on any atom is 0.246 e. The van der Waals surface area contributed by atoms with Crippen LogP contribution in [0.1, 0.15) is 0 Å². The van der Waals surface area contributed by atoms with E-state index in [9.17, 15) is 13.5 Å². The predicted octanol–water partition coefficient (Wildman–Crippen LogP) is 1.79. The average molecular weight is 486 g/mol. The van der Waals surface area contributed by atoms with Crippen molar-refractivity contribution in [1.29, 1.82) is 0 Å². The monoisotopic (exact) mass is 485 g/mol. The van der Waals surface area contributed by atoms with Crippen molar-refractivity contribution in [2.45, 2.75) is 9.79 Å². The van der Waals surface area contributed by atoms with Crippen molar-refractivity contribution >= 4 is 27.5 Å². The predicted molar refractivity (Wildman–Crippen MR) is 131 cm³/mol. The minimum atomic E-state index is -1.06. The Labute approximate surface area is 198 Å². The highest BCUT2D eigenvalue weighted by molar-refractivity contribution is 7.84. The highest BCUT2D eigenvalue weighted by atomic mass is 32.2. The third kappa shape index (κ3) is 5.52. The molecule has 0 saturated carbocycles. The van der Waals surface area contributed by atoms with Crippen LogP contribution in [0.5, 0.6) is 0 Å². The van der Waals surface area contributed by atoms with E-state index in [4.69, 9.17) is 4.98 Å². The summed E-state index contributed by atoms with van der Waals surface area (Å²) >= 11 is 0. The third-order valence-electron chi connectivity index (χ3n) is 5.67. The van der Waals surface area contributed by atoms with E-state index in [1.165, 1.54) is 0 Å². The van der Waals surface area contributed by atoms with Crippen molar-refractivity contribution in [1.82, 2.24) is 20.1 Å². The summed E-state index contributed by atoms with van der Waals surface area (Å²) < 4.78 is 23.6. The SMILES string of the molecule is CS(=O)c1ccc(-c2nnc(N3CCN(CCO)CC3)nc2-c2ccc(S(C)=O)cc2)cc1.